The number of aromatic nitrogens is 2. The van der Waals surface area contributed by atoms with E-state index in [0.717, 1.165) is 55.5 Å². The molecule has 3 rings (SSSR count). The molecule has 0 spiro atoms. The van der Waals surface area contributed by atoms with Gasteiger partial charge in [-0.1, -0.05) is 31.9 Å². The first-order valence-corrected chi connectivity index (χ1v) is 9.98. The summed E-state index contributed by atoms with van der Waals surface area (Å²) in [6.45, 7) is 3.51. The van der Waals surface area contributed by atoms with E-state index in [1.54, 1.807) is 24.5 Å². The quantitative estimate of drug-likeness (QED) is 0.623. The molecular formula is C22H29N3O3. The van der Waals surface area contributed by atoms with Crippen LogP contribution in [0.4, 0.5) is 0 Å². The molecule has 0 aliphatic carbocycles. The average molecular weight is 383 g/mol. The van der Waals surface area contributed by atoms with Gasteiger partial charge in [0.05, 0.1) is 19.5 Å². The number of aliphatic hydroxyl groups is 1. The monoisotopic (exact) mass is 383 g/mol. The van der Waals surface area contributed by atoms with Gasteiger partial charge in [0.25, 0.3) is 5.91 Å². The van der Waals surface area contributed by atoms with Crippen LogP contribution in [0.15, 0.2) is 54.3 Å². The number of amides is 1. The van der Waals surface area contributed by atoms with Crippen LogP contribution in [-0.2, 0) is 11.3 Å². The third-order valence-corrected chi connectivity index (χ3v) is 5.27. The fourth-order valence-electron chi connectivity index (χ4n) is 3.77. The highest BCUT2D eigenvalue weighted by molar-refractivity contribution is 5.95. The van der Waals surface area contributed by atoms with Gasteiger partial charge in [0, 0.05) is 31.1 Å². The molecule has 1 aliphatic rings. The van der Waals surface area contributed by atoms with E-state index < -0.39 is 0 Å². The number of carbonyl (C=O) groups excluding carboxylic acids is 1. The largest absolute Gasteiger partial charge is 0.503 e. The van der Waals surface area contributed by atoms with Crippen molar-refractivity contribution in [3.05, 3.63) is 59.9 Å². The van der Waals surface area contributed by atoms with Crippen molar-refractivity contribution in [2.75, 3.05) is 13.7 Å². The predicted molar refractivity (Wildman–Crippen MR) is 108 cm³/mol. The highest BCUT2D eigenvalue weighted by Crippen LogP contribution is 2.40. The molecule has 0 saturated carbocycles. The highest BCUT2D eigenvalue weighted by atomic mass is 16.5. The number of imidazole rings is 1. The van der Waals surface area contributed by atoms with Crippen molar-refractivity contribution in [1.29, 1.82) is 0 Å². The van der Waals surface area contributed by atoms with Crippen LogP contribution in [0.5, 0.6) is 5.75 Å². The summed E-state index contributed by atoms with van der Waals surface area (Å²) >= 11 is 0. The topological polar surface area (TPSA) is 67.6 Å². The SMILES string of the molecule is CCCCCC1=C(O)C(=O)N(CCCn2ccnc2)C1c1ccc(OC)cc1. The molecule has 0 saturated heterocycles. The molecule has 0 fully saturated rings. The zero-order chi connectivity index (χ0) is 19.9. The van der Waals surface area contributed by atoms with Crippen LogP contribution >= 0.6 is 0 Å². The van der Waals surface area contributed by atoms with Crippen LogP contribution in [0.1, 0.15) is 50.6 Å². The summed E-state index contributed by atoms with van der Waals surface area (Å²) < 4.78 is 7.26. The number of ether oxygens (including phenoxy) is 1. The second-order valence-corrected chi connectivity index (χ2v) is 7.16. The molecule has 6 nitrogen and oxygen atoms in total. The smallest absolute Gasteiger partial charge is 0.289 e. The lowest BCUT2D eigenvalue weighted by molar-refractivity contribution is -0.129. The van der Waals surface area contributed by atoms with E-state index in [9.17, 15) is 9.90 Å². The van der Waals surface area contributed by atoms with Crippen LogP contribution in [0.2, 0.25) is 0 Å². The zero-order valence-corrected chi connectivity index (χ0v) is 16.7. The number of benzene rings is 1. The van der Waals surface area contributed by atoms with Crippen molar-refractivity contribution in [3.63, 3.8) is 0 Å². The molecule has 1 N–H and O–H groups in total. The minimum atomic E-state index is -0.266. The zero-order valence-electron chi connectivity index (χ0n) is 16.7. The van der Waals surface area contributed by atoms with Gasteiger partial charge in [-0.25, -0.2) is 4.98 Å². The molecule has 0 bridgehead atoms. The van der Waals surface area contributed by atoms with E-state index in [0.29, 0.717) is 6.54 Å². The van der Waals surface area contributed by atoms with E-state index in [1.165, 1.54) is 0 Å². The third kappa shape index (κ3) is 4.38. The minimum Gasteiger partial charge on any atom is -0.503 e. The summed E-state index contributed by atoms with van der Waals surface area (Å²) in [7, 11) is 1.64. The Labute approximate surface area is 166 Å². The van der Waals surface area contributed by atoms with Gasteiger partial charge in [0.1, 0.15) is 5.75 Å². The number of aliphatic hydroxyl groups excluding tert-OH is 1. The number of rotatable bonds is 10. The number of hydrogen-bond donors (Lipinski definition) is 1. The Balaban J connectivity index is 1.80. The van der Waals surface area contributed by atoms with Crippen LogP contribution in [0.3, 0.4) is 0 Å². The van der Waals surface area contributed by atoms with Crippen molar-refractivity contribution >= 4 is 5.91 Å². The Kier molecular flexibility index (Phi) is 6.74. The molecule has 1 aromatic carbocycles. The first-order chi connectivity index (χ1) is 13.7. The van der Waals surface area contributed by atoms with E-state index in [1.807, 2.05) is 35.0 Å². The van der Waals surface area contributed by atoms with Crippen molar-refractivity contribution in [2.45, 2.75) is 51.6 Å². The lowest BCUT2D eigenvalue weighted by Crippen LogP contribution is -2.32. The number of hydrogen-bond acceptors (Lipinski definition) is 4. The molecule has 2 heterocycles. The molecule has 1 amide bonds. The maximum Gasteiger partial charge on any atom is 0.289 e. The summed E-state index contributed by atoms with van der Waals surface area (Å²) in [6, 6.07) is 7.57. The van der Waals surface area contributed by atoms with Crippen LogP contribution in [0, 0.1) is 0 Å². The second kappa shape index (κ2) is 9.44. The van der Waals surface area contributed by atoms with Gasteiger partial charge in [0.2, 0.25) is 0 Å². The fourth-order valence-corrected chi connectivity index (χ4v) is 3.77. The van der Waals surface area contributed by atoms with Crippen LogP contribution in [-0.4, -0.2) is 39.1 Å². The summed E-state index contributed by atoms with van der Waals surface area (Å²) in [5.74, 6) is 0.443. The van der Waals surface area contributed by atoms with Gasteiger partial charge < -0.3 is 19.3 Å². The Bertz CT molecular complexity index is 797. The maximum absolute atomic E-state index is 12.8. The average Bonchev–Trinajstić information content (AvgIpc) is 3.31. The standard InChI is InChI=1S/C22H29N3O3/c1-3-4-5-7-19-20(17-8-10-18(28-2)11-9-17)25(22(27)21(19)26)14-6-13-24-15-12-23-16-24/h8-12,15-16,20,26H,3-7,13-14H2,1-2H3. The van der Waals surface area contributed by atoms with Crippen LogP contribution in [0.25, 0.3) is 0 Å². The Morgan fingerprint density at radius 2 is 1.93 bits per heavy atom. The molecule has 1 unspecified atom stereocenters. The van der Waals surface area contributed by atoms with Gasteiger partial charge in [-0.2, -0.15) is 0 Å². The molecule has 2 aromatic rings. The van der Waals surface area contributed by atoms with Crippen molar-refractivity contribution in [1.82, 2.24) is 14.5 Å². The lowest BCUT2D eigenvalue weighted by atomic mass is 9.95. The molecule has 1 atom stereocenters. The normalized spacial score (nSPS) is 16.9. The Morgan fingerprint density at radius 3 is 2.57 bits per heavy atom. The maximum atomic E-state index is 12.8. The number of unbranched alkanes of at least 4 members (excludes halogenated alkanes) is 2. The van der Waals surface area contributed by atoms with Gasteiger partial charge in [-0.05, 0) is 37.0 Å². The lowest BCUT2D eigenvalue weighted by Gasteiger charge is -2.27. The first kappa shape index (κ1) is 20.0. The van der Waals surface area contributed by atoms with Gasteiger partial charge in [-0.3, -0.25) is 4.79 Å². The number of carbonyl (C=O) groups is 1. The molecule has 1 aromatic heterocycles. The minimum absolute atomic E-state index is 0.0699. The fraction of sp³-hybridized carbons (Fsp3) is 0.455. The van der Waals surface area contributed by atoms with Crippen molar-refractivity contribution in [3.8, 4) is 5.75 Å². The molecule has 1 aliphatic heterocycles. The summed E-state index contributed by atoms with van der Waals surface area (Å²) in [5, 5.41) is 10.6. The molecular weight excluding hydrogens is 354 g/mol. The summed E-state index contributed by atoms with van der Waals surface area (Å²) in [6.07, 6.45) is 10.1. The molecule has 6 heteroatoms. The van der Waals surface area contributed by atoms with Gasteiger partial charge >= 0.3 is 0 Å². The van der Waals surface area contributed by atoms with Gasteiger partial charge in [0.15, 0.2) is 5.76 Å². The number of methoxy groups -OCH3 is 1. The van der Waals surface area contributed by atoms with E-state index in [2.05, 4.69) is 11.9 Å². The van der Waals surface area contributed by atoms with E-state index >= 15 is 0 Å². The Morgan fingerprint density at radius 1 is 1.14 bits per heavy atom. The van der Waals surface area contributed by atoms with Crippen molar-refractivity contribution in [2.24, 2.45) is 0 Å². The van der Waals surface area contributed by atoms with Gasteiger partial charge in [-0.15, -0.1) is 0 Å². The molecule has 150 valence electrons. The first-order valence-electron chi connectivity index (χ1n) is 9.98. The second-order valence-electron chi connectivity index (χ2n) is 7.16. The molecule has 0 radical (unpaired) electrons. The molecule has 28 heavy (non-hydrogen) atoms. The number of aryl methyl sites for hydroxylation is 1. The predicted octanol–water partition coefficient (Wildman–Crippen LogP) is 4.26. The van der Waals surface area contributed by atoms with E-state index in [-0.39, 0.29) is 17.7 Å². The van der Waals surface area contributed by atoms with Crippen molar-refractivity contribution < 1.29 is 14.6 Å². The number of nitrogens with zero attached hydrogens (tertiary/aromatic N) is 3. The summed E-state index contributed by atoms with van der Waals surface area (Å²) in [4.78, 5) is 18.7. The third-order valence-electron chi connectivity index (χ3n) is 5.27. The van der Waals surface area contributed by atoms with E-state index in [4.69, 9.17) is 4.74 Å². The highest BCUT2D eigenvalue weighted by Gasteiger charge is 2.39. The van der Waals surface area contributed by atoms with Crippen LogP contribution < -0.4 is 4.74 Å². The Hall–Kier alpha value is -2.76. The summed E-state index contributed by atoms with van der Waals surface area (Å²) in [5.41, 5.74) is 1.85.